The number of hydrogen-bond acceptors (Lipinski definition) is 4. The van der Waals surface area contributed by atoms with Crippen LogP contribution in [0.3, 0.4) is 0 Å². The molecule has 2 aromatic heterocycles. The average molecular weight is 424 g/mol. The number of hydrogen-bond donors (Lipinski definition) is 1. The monoisotopic (exact) mass is 423 g/mol. The Morgan fingerprint density at radius 1 is 0.906 bits per heavy atom. The lowest BCUT2D eigenvalue weighted by atomic mass is 10.1. The number of aromatic nitrogens is 4. The molecule has 0 unspecified atom stereocenters. The van der Waals surface area contributed by atoms with Crippen LogP contribution in [-0.4, -0.2) is 25.7 Å². The first kappa shape index (κ1) is 20.1. The number of nitrogens with zero attached hydrogens (tertiary/aromatic N) is 4. The van der Waals surface area contributed by atoms with Crippen molar-refractivity contribution < 1.29 is 4.79 Å². The molecule has 6 nitrogen and oxygen atoms in total. The zero-order valence-corrected chi connectivity index (χ0v) is 18.1. The van der Waals surface area contributed by atoms with Gasteiger partial charge < -0.3 is 9.88 Å². The van der Waals surface area contributed by atoms with Crippen LogP contribution < -0.4 is 5.32 Å². The Morgan fingerprint density at radius 2 is 1.75 bits per heavy atom. The fraction of sp³-hybridized carbons (Fsp3) is 0.231. The summed E-state index contributed by atoms with van der Waals surface area (Å²) in [5, 5.41) is 11.8. The molecule has 160 valence electrons. The third-order valence-corrected chi connectivity index (χ3v) is 5.89. The number of carbonyl (C=O) groups is 1. The molecule has 5 rings (SSSR count). The number of aryl methyl sites for hydroxylation is 2. The number of pyridine rings is 1. The first-order chi connectivity index (χ1) is 15.7. The van der Waals surface area contributed by atoms with Crippen molar-refractivity contribution in [2.75, 3.05) is 5.32 Å². The lowest BCUT2D eigenvalue weighted by Crippen LogP contribution is -2.14. The van der Waals surface area contributed by atoms with Gasteiger partial charge >= 0.3 is 0 Å². The second-order valence-corrected chi connectivity index (χ2v) is 8.13. The van der Waals surface area contributed by atoms with Gasteiger partial charge in [0.15, 0.2) is 5.82 Å². The summed E-state index contributed by atoms with van der Waals surface area (Å²) in [7, 11) is 0. The summed E-state index contributed by atoms with van der Waals surface area (Å²) >= 11 is 0. The number of carbonyl (C=O) groups excluding carboxylic acids is 1. The maximum Gasteiger partial charge on any atom is 0.257 e. The zero-order chi connectivity index (χ0) is 21.9. The Morgan fingerprint density at radius 3 is 2.59 bits per heavy atom. The molecule has 32 heavy (non-hydrogen) atoms. The van der Waals surface area contributed by atoms with Gasteiger partial charge in [0, 0.05) is 29.8 Å². The molecule has 0 fully saturated rings. The van der Waals surface area contributed by atoms with Gasteiger partial charge in [0.25, 0.3) is 5.91 Å². The van der Waals surface area contributed by atoms with Crippen LogP contribution in [0.15, 0.2) is 66.7 Å². The lowest BCUT2D eigenvalue weighted by molar-refractivity contribution is 0.102. The van der Waals surface area contributed by atoms with Crippen LogP contribution in [0.1, 0.15) is 41.1 Å². The predicted octanol–water partition coefficient (Wildman–Crippen LogP) is 5.29. The lowest BCUT2D eigenvalue weighted by Gasteiger charge is -2.11. The fourth-order valence-corrected chi connectivity index (χ4v) is 4.20. The molecule has 6 heteroatoms. The second kappa shape index (κ2) is 8.75. The van der Waals surface area contributed by atoms with Crippen LogP contribution in [0.5, 0.6) is 0 Å². The SMILES string of the molecule is Cc1nc(-c2ccccc2)ccc1C(=O)Nc1cccc(-c2nnc3n2CCCCC3)c1. The first-order valence-electron chi connectivity index (χ1n) is 11.1. The van der Waals surface area contributed by atoms with Gasteiger partial charge in [0.05, 0.1) is 17.0 Å². The van der Waals surface area contributed by atoms with Crippen LogP contribution >= 0.6 is 0 Å². The zero-order valence-electron chi connectivity index (χ0n) is 18.1. The molecule has 1 amide bonds. The summed E-state index contributed by atoms with van der Waals surface area (Å²) in [6.07, 6.45) is 4.48. The van der Waals surface area contributed by atoms with Crippen molar-refractivity contribution in [2.45, 2.75) is 39.2 Å². The Balaban J connectivity index is 1.37. The van der Waals surface area contributed by atoms with Gasteiger partial charge in [0.1, 0.15) is 5.82 Å². The molecule has 1 N–H and O–H groups in total. The summed E-state index contributed by atoms with van der Waals surface area (Å²) in [4.78, 5) is 17.6. The Kier molecular flexibility index (Phi) is 5.50. The Labute approximate surface area is 187 Å². The summed E-state index contributed by atoms with van der Waals surface area (Å²) in [5.41, 5.74) is 4.83. The van der Waals surface area contributed by atoms with E-state index >= 15 is 0 Å². The van der Waals surface area contributed by atoms with Gasteiger partial charge in [-0.25, -0.2) is 0 Å². The molecule has 0 saturated carbocycles. The highest BCUT2D eigenvalue weighted by Crippen LogP contribution is 2.25. The normalized spacial score (nSPS) is 13.3. The molecule has 0 saturated heterocycles. The van der Waals surface area contributed by atoms with Crippen LogP contribution in [-0.2, 0) is 13.0 Å². The van der Waals surface area contributed by atoms with Gasteiger partial charge in [0.2, 0.25) is 0 Å². The van der Waals surface area contributed by atoms with E-state index in [2.05, 4.69) is 25.1 Å². The van der Waals surface area contributed by atoms with Crippen molar-refractivity contribution in [1.29, 1.82) is 0 Å². The average Bonchev–Trinajstić information content (AvgIpc) is 3.08. The minimum Gasteiger partial charge on any atom is -0.322 e. The number of anilines is 1. The minimum atomic E-state index is -0.174. The molecular formula is C26H25N5O. The van der Waals surface area contributed by atoms with Crippen molar-refractivity contribution in [3.63, 3.8) is 0 Å². The van der Waals surface area contributed by atoms with Crippen molar-refractivity contribution in [3.8, 4) is 22.6 Å². The summed E-state index contributed by atoms with van der Waals surface area (Å²) in [6, 6.07) is 21.5. The van der Waals surface area contributed by atoms with Crippen molar-refractivity contribution >= 4 is 11.6 Å². The largest absolute Gasteiger partial charge is 0.322 e. The molecule has 3 heterocycles. The predicted molar refractivity (Wildman–Crippen MR) is 125 cm³/mol. The van der Waals surface area contributed by atoms with E-state index in [1.807, 2.05) is 73.7 Å². The molecule has 0 bridgehead atoms. The van der Waals surface area contributed by atoms with E-state index in [1.54, 1.807) is 0 Å². The van der Waals surface area contributed by atoms with Crippen LogP contribution in [0.4, 0.5) is 5.69 Å². The van der Waals surface area contributed by atoms with E-state index in [4.69, 9.17) is 0 Å². The standard InChI is InChI=1S/C26H25N5O/c1-18-22(14-15-23(27-18)19-9-4-2-5-10-19)26(32)28-21-12-8-11-20(17-21)25-30-29-24-13-6-3-7-16-31(24)25/h2,4-5,8-12,14-15,17H,3,6-7,13,16H2,1H3,(H,28,32). The maximum absolute atomic E-state index is 13.0. The quantitative estimate of drug-likeness (QED) is 0.484. The van der Waals surface area contributed by atoms with E-state index in [-0.39, 0.29) is 5.91 Å². The molecular weight excluding hydrogens is 398 g/mol. The molecule has 4 aromatic rings. The van der Waals surface area contributed by atoms with Crippen LogP contribution in [0, 0.1) is 6.92 Å². The second-order valence-electron chi connectivity index (χ2n) is 8.13. The molecule has 0 aliphatic carbocycles. The molecule has 0 atom stereocenters. The van der Waals surface area contributed by atoms with E-state index in [0.717, 1.165) is 60.0 Å². The van der Waals surface area contributed by atoms with Crippen molar-refractivity contribution in [3.05, 3.63) is 83.8 Å². The van der Waals surface area contributed by atoms with E-state index in [0.29, 0.717) is 11.3 Å². The van der Waals surface area contributed by atoms with Gasteiger partial charge in [-0.2, -0.15) is 0 Å². The third kappa shape index (κ3) is 4.04. The van der Waals surface area contributed by atoms with Gasteiger partial charge in [-0.05, 0) is 44.0 Å². The molecule has 1 aliphatic heterocycles. The Bertz CT molecular complexity index is 1260. The highest BCUT2D eigenvalue weighted by molar-refractivity contribution is 6.05. The van der Waals surface area contributed by atoms with E-state index < -0.39 is 0 Å². The number of benzene rings is 2. The number of nitrogens with one attached hydrogen (secondary N) is 1. The van der Waals surface area contributed by atoms with Gasteiger partial charge in [-0.15, -0.1) is 10.2 Å². The third-order valence-electron chi connectivity index (χ3n) is 5.89. The number of fused-ring (bicyclic) bond motifs is 1. The smallest absolute Gasteiger partial charge is 0.257 e. The molecule has 2 aromatic carbocycles. The maximum atomic E-state index is 13.0. The van der Waals surface area contributed by atoms with Gasteiger partial charge in [-0.3, -0.25) is 9.78 Å². The molecule has 0 spiro atoms. The van der Waals surface area contributed by atoms with Crippen LogP contribution in [0.2, 0.25) is 0 Å². The molecule has 1 aliphatic rings. The Hall–Kier alpha value is -3.80. The highest BCUT2D eigenvalue weighted by Gasteiger charge is 2.17. The summed E-state index contributed by atoms with van der Waals surface area (Å²) < 4.78 is 2.21. The summed E-state index contributed by atoms with van der Waals surface area (Å²) in [6.45, 7) is 2.80. The van der Waals surface area contributed by atoms with E-state index in [1.165, 1.54) is 6.42 Å². The first-order valence-corrected chi connectivity index (χ1v) is 11.1. The number of amides is 1. The van der Waals surface area contributed by atoms with E-state index in [9.17, 15) is 4.79 Å². The highest BCUT2D eigenvalue weighted by atomic mass is 16.1. The van der Waals surface area contributed by atoms with Crippen LogP contribution in [0.25, 0.3) is 22.6 Å². The van der Waals surface area contributed by atoms with Crippen molar-refractivity contribution in [1.82, 2.24) is 19.7 Å². The molecule has 0 radical (unpaired) electrons. The summed E-state index contributed by atoms with van der Waals surface area (Å²) in [5.74, 6) is 1.74. The number of rotatable bonds is 4. The minimum absolute atomic E-state index is 0.174. The van der Waals surface area contributed by atoms with Crippen molar-refractivity contribution in [2.24, 2.45) is 0 Å². The van der Waals surface area contributed by atoms with Gasteiger partial charge in [-0.1, -0.05) is 48.9 Å². The fourth-order valence-electron chi connectivity index (χ4n) is 4.20. The topological polar surface area (TPSA) is 72.7 Å².